The number of carboxylic acid groups (broad SMARTS) is 1. The van der Waals surface area contributed by atoms with Gasteiger partial charge in [-0.1, -0.05) is 102 Å². The van der Waals surface area contributed by atoms with E-state index in [1.54, 1.807) is 35.7 Å². The topological polar surface area (TPSA) is 80.9 Å². The van der Waals surface area contributed by atoms with Crippen LogP contribution in [0.4, 0.5) is 0 Å². The Hall–Kier alpha value is -4.40. The second-order valence-electron chi connectivity index (χ2n) is 9.13. The van der Waals surface area contributed by atoms with Crippen LogP contribution in [0, 0.1) is 6.92 Å². The van der Waals surface area contributed by atoms with Crippen LogP contribution in [0.15, 0.2) is 129 Å². The zero-order valence-electron chi connectivity index (χ0n) is 21.6. The molecule has 0 aliphatic carbocycles. The van der Waals surface area contributed by atoms with E-state index in [4.69, 9.17) is 4.98 Å². The number of benzene rings is 4. The third kappa shape index (κ3) is 5.36. The summed E-state index contributed by atoms with van der Waals surface area (Å²) in [5.41, 5.74) is 4.69. The molecule has 0 spiro atoms. The van der Waals surface area contributed by atoms with E-state index in [1.165, 1.54) is 0 Å². The number of aromatic carboxylic acids is 1. The second kappa shape index (κ2) is 11.4. The quantitative estimate of drug-likeness (QED) is 0.203. The Balaban J connectivity index is 1.40. The number of imidazole rings is 1. The van der Waals surface area contributed by atoms with Crippen LogP contribution in [-0.2, 0) is 6.54 Å². The van der Waals surface area contributed by atoms with E-state index in [0.717, 1.165) is 47.8 Å². The van der Waals surface area contributed by atoms with Gasteiger partial charge in [0.1, 0.15) is 21.9 Å². The van der Waals surface area contributed by atoms with Crippen LogP contribution in [0.5, 0.6) is 0 Å². The van der Waals surface area contributed by atoms with Gasteiger partial charge in [-0.15, -0.1) is 10.2 Å². The van der Waals surface area contributed by atoms with E-state index in [0.29, 0.717) is 12.1 Å². The number of hydrogen-bond acceptors (Lipinski definition) is 6. The van der Waals surface area contributed by atoms with E-state index < -0.39 is 5.97 Å². The van der Waals surface area contributed by atoms with E-state index in [-0.39, 0.29) is 5.56 Å². The fourth-order valence-corrected chi connectivity index (χ4v) is 6.28. The maximum absolute atomic E-state index is 11.7. The standard InChI is InChI=1S/C32H24N4O2S2/c1-21-33-28-29(36(21)20-22-16-18-23(19-17-22)26-14-8-9-15-27(26)32(37)38)31(40-25-12-6-3-7-13-25)35-34-30(28)39-24-10-4-2-5-11-24/h2-19H,20H2,1H3,(H,37,38). The number of nitrogens with zero attached hydrogens (tertiary/aromatic N) is 4. The van der Waals surface area contributed by atoms with E-state index in [2.05, 4.69) is 39.0 Å². The number of carbonyl (C=O) groups is 1. The number of aryl methyl sites for hydroxylation is 1. The van der Waals surface area contributed by atoms with Crippen molar-refractivity contribution < 1.29 is 9.90 Å². The molecular weight excluding hydrogens is 537 g/mol. The number of hydrogen-bond donors (Lipinski definition) is 1. The third-order valence-electron chi connectivity index (χ3n) is 6.47. The molecule has 0 radical (unpaired) electrons. The van der Waals surface area contributed by atoms with E-state index in [9.17, 15) is 9.90 Å². The van der Waals surface area contributed by atoms with Gasteiger partial charge in [0.2, 0.25) is 0 Å². The molecule has 6 rings (SSSR count). The van der Waals surface area contributed by atoms with Gasteiger partial charge in [0.25, 0.3) is 0 Å². The summed E-state index contributed by atoms with van der Waals surface area (Å²) in [5, 5.41) is 20.4. The first-order valence-electron chi connectivity index (χ1n) is 12.7. The highest BCUT2D eigenvalue weighted by atomic mass is 32.2. The summed E-state index contributed by atoms with van der Waals surface area (Å²) in [5.74, 6) is -0.0659. The number of rotatable bonds is 8. The largest absolute Gasteiger partial charge is 0.478 e. The van der Waals surface area contributed by atoms with Crippen LogP contribution in [0.3, 0.4) is 0 Å². The zero-order valence-corrected chi connectivity index (χ0v) is 23.2. The molecule has 8 heteroatoms. The lowest BCUT2D eigenvalue weighted by atomic mass is 9.99. The molecule has 0 unspecified atom stereocenters. The summed E-state index contributed by atoms with van der Waals surface area (Å²) in [6.45, 7) is 2.60. The minimum atomic E-state index is -0.936. The smallest absolute Gasteiger partial charge is 0.336 e. The molecule has 0 aliphatic rings. The molecular formula is C32H24N4O2S2. The Morgan fingerprint density at radius 1 is 0.750 bits per heavy atom. The van der Waals surface area contributed by atoms with Gasteiger partial charge in [0.05, 0.1) is 5.56 Å². The average Bonchev–Trinajstić information content (AvgIpc) is 3.32. The molecule has 2 heterocycles. The van der Waals surface area contributed by atoms with Gasteiger partial charge in [-0.25, -0.2) is 9.78 Å². The van der Waals surface area contributed by atoms with Gasteiger partial charge in [-0.3, -0.25) is 0 Å². The fourth-order valence-electron chi connectivity index (χ4n) is 4.54. The van der Waals surface area contributed by atoms with Gasteiger partial charge in [0, 0.05) is 16.3 Å². The number of carboxylic acids is 1. The SMILES string of the molecule is Cc1nc2c(Sc3ccccc3)nnc(Sc3ccccc3)c2n1Cc1ccc(-c2ccccc2C(=O)O)cc1. The summed E-state index contributed by atoms with van der Waals surface area (Å²) < 4.78 is 2.19. The molecule has 2 aromatic heterocycles. The molecule has 0 fully saturated rings. The minimum absolute atomic E-state index is 0.288. The third-order valence-corrected chi connectivity index (χ3v) is 8.43. The molecule has 0 amide bonds. The van der Waals surface area contributed by atoms with Gasteiger partial charge in [-0.05, 0) is 53.9 Å². The van der Waals surface area contributed by atoms with E-state index in [1.807, 2.05) is 79.7 Å². The first kappa shape index (κ1) is 25.9. The first-order chi connectivity index (χ1) is 19.6. The van der Waals surface area contributed by atoms with Gasteiger partial charge < -0.3 is 9.67 Å². The van der Waals surface area contributed by atoms with Crippen molar-refractivity contribution in [3.63, 3.8) is 0 Å². The molecule has 0 bridgehead atoms. The van der Waals surface area contributed by atoms with Crippen molar-refractivity contribution in [2.24, 2.45) is 0 Å². The predicted octanol–water partition coefficient (Wildman–Crippen LogP) is 7.85. The molecule has 0 saturated carbocycles. The highest BCUT2D eigenvalue weighted by Crippen LogP contribution is 2.37. The van der Waals surface area contributed by atoms with Crippen LogP contribution < -0.4 is 0 Å². The Bertz CT molecular complexity index is 1800. The maximum Gasteiger partial charge on any atom is 0.336 e. The Kier molecular flexibility index (Phi) is 7.35. The average molecular weight is 561 g/mol. The van der Waals surface area contributed by atoms with Gasteiger partial charge >= 0.3 is 5.97 Å². The fraction of sp³-hybridized carbons (Fsp3) is 0.0625. The van der Waals surface area contributed by atoms with Crippen molar-refractivity contribution in [3.8, 4) is 11.1 Å². The van der Waals surface area contributed by atoms with Crippen LogP contribution in [-0.4, -0.2) is 30.8 Å². The molecule has 0 saturated heterocycles. The van der Waals surface area contributed by atoms with Gasteiger partial charge in [0.15, 0.2) is 5.03 Å². The van der Waals surface area contributed by atoms with Crippen molar-refractivity contribution in [2.75, 3.05) is 0 Å². The Morgan fingerprint density at radius 2 is 1.32 bits per heavy atom. The highest BCUT2D eigenvalue weighted by Gasteiger charge is 2.20. The minimum Gasteiger partial charge on any atom is -0.478 e. The van der Waals surface area contributed by atoms with Crippen molar-refractivity contribution >= 4 is 40.5 Å². The first-order valence-corrected chi connectivity index (χ1v) is 14.3. The molecule has 4 aromatic carbocycles. The molecule has 6 aromatic rings. The van der Waals surface area contributed by atoms with Crippen LogP contribution >= 0.6 is 23.5 Å². The highest BCUT2D eigenvalue weighted by molar-refractivity contribution is 8.00. The monoisotopic (exact) mass is 560 g/mol. The lowest BCUT2D eigenvalue weighted by Gasteiger charge is -2.12. The second-order valence-corrected chi connectivity index (χ2v) is 11.3. The summed E-state index contributed by atoms with van der Waals surface area (Å²) >= 11 is 3.13. The zero-order chi connectivity index (χ0) is 27.5. The van der Waals surface area contributed by atoms with Crippen LogP contribution in [0.25, 0.3) is 22.2 Å². The summed E-state index contributed by atoms with van der Waals surface area (Å²) in [4.78, 5) is 18.8. The lowest BCUT2D eigenvalue weighted by Crippen LogP contribution is -2.04. The Morgan fingerprint density at radius 3 is 1.98 bits per heavy atom. The lowest BCUT2D eigenvalue weighted by molar-refractivity contribution is 0.0697. The number of fused-ring (bicyclic) bond motifs is 1. The molecule has 6 nitrogen and oxygen atoms in total. The summed E-state index contributed by atoms with van der Waals surface area (Å²) in [7, 11) is 0. The van der Waals surface area contributed by atoms with Crippen LogP contribution in [0.1, 0.15) is 21.7 Å². The molecule has 0 aliphatic heterocycles. The molecule has 0 atom stereocenters. The predicted molar refractivity (Wildman–Crippen MR) is 159 cm³/mol. The van der Waals surface area contributed by atoms with E-state index >= 15 is 0 Å². The Labute approximate surface area is 240 Å². The normalized spacial score (nSPS) is 11.1. The van der Waals surface area contributed by atoms with Crippen molar-refractivity contribution in [3.05, 3.63) is 126 Å². The number of aromatic nitrogens is 4. The molecule has 196 valence electrons. The van der Waals surface area contributed by atoms with Crippen molar-refractivity contribution in [1.82, 2.24) is 19.7 Å². The summed E-state index contributed by atoms with van der Waals surface area (Å²) in [6.07, 6.45) is 0. The molecule has 40 heavy (non-hydrogen) atoms. The van der Waals surface area contributed by atoms with Crippen molar-refractivity contribution in [1.29, 1.82) is 0 Å². The van der Waals surface area contributed by atoms with Crippen molar-refractivity contribution in [2.45, 2.75) is 33.3 Å². The summed E-state index contributed by atoms with van der Waals surface area (Å²) in [6, 6.07) is 35.4. The maximum atomic E-state index is 11.7. The molecule has 1 N–H and O–H groups in total. The van der Waals surface area contributed by atoms with Crippen LogP contribution in [0.2, 0.25) is 0 Å². The van der Waals surface area contributed by atoms with Gasteiger partial charge in [-0.2, -0.15) is 0 Å².